The number of carbonyl (C=O) groups excluding carboxylic acids is 2. The van der Waals surface area contributed by atoms with E-state index in [4.69, 9.17) is 4.74 Å². The van der Waals surface area contributed by atoms with Crippen LogP contribution in [-0.2, 0) is 16.1 Å². The van der Waals surface area contributed by atoms with Gasteiger partial charge in [-0.1, -0.05) is 11.6 Å². The molecular weight excluding hydrogens is 344 g/mol. The van der Waals surface area contributed by atoms with Gasteiger partial charge in [0.2, 0.25) is 0 Å². The molecule has 2 aliphatic rings. The Morgan fingerprint density at radius 3 is 2.89 bits per heavy atom. The van der Waals surface area contributed by atoms with Gasteiger partial charge in [-0.25, -0.2) is 9.48 Å². The van der Waals surface area contributed by atoms with E-state index < -0.39 is 5.97 Å². The first-order chi connectivity index (χ1) is 13.0. The molecule has 1 N–H and O–H groups in total. The van der Waals surface area contributed by atoms with E-state index in [0.717, 1.165) is 17.4 Å². The summed E-state index contributed by atoms with van der Waals surface area (Å²) in [6, 6.07) is 5.25. The number of esters is 1. The molecule has 2 aromatic rings. The van der Waals surface area contributed by atoms with Gasteiger partial charge in [0.05, 0.1) is 11.1 Å². The Kier molecular flexibility index (Phi) is 4.85. The van der Waals surface area contributed by atoms with Crippen LogP contribution >= 0.6 is 0 Å². The molecule has 4 atom stereocenters. The van der Waals surface area contributed by atoms with Crippen LogP contribution in [0.3, 0.4) is 0 Å². The minimum absolute atomic E-state index is 0.131. The largest absolute Gasteiger partial charge is 0.452 e. The fraction of sp³-hybridized carbons (Fsp3) is 0.600. The normalized spacial score (nSPS) is 24.9. The highest BCUT2D eigenvalue weighted by Gasteiger charge is 2.42. The molecule has 7 nitrogen and oxygen atoms in total. The summed E-state index contributed by atoms with van der Waals surface area (Å²) in [6.07, 6.45) is 5.15. The van der Waals surface area contributed by atoms with E-state index in [0.29, 0.717) is 23.5 Å². The molecule has 0 radical (unpaired) electrons. The third-order valence-corrected chi connectivity index (χ3v) is 6.21. The lowest BCUT2D eigenvalue weighted by Crippen LogP contribution is -2.42. The molecule has 0 saturated heterocycles. The van der Waals surface area contributed by atoms with Crippen molar-refractivity contribution in [2.45, 2.75) is 52.1 Å². The van der Waals surface area contributed by atoms with Gasteiger partial charge >= 0.3 is 5.97 Å². The van der Waals surface area contributed by atoms with Crippen molar-refractivity contribution in [1.29, 1.82) is 0 Å². The Bertz CT molecular complexity index is 862. The van der Waals surface area contributed by atoms with E-state index in [1.165, 1.54) is 25.7 Å². The summed E-state index contributed by atoms with van der Waals surface area (Å²) < 4.78 is 6.95. The van der Waals surface area contributed by atoms with Gasteiger partial charge in [0.15, 0.2) is 6.61 Å². The van der Waals surface area contributed by atoms with Gasteiger partial charge in [-0.05, 0) is 69.1 Å². The molecule has 0 spiro atoms. The van der Waals surface area contributed by atoms with Gasteiger partial charge in [-0.3, -0.25) is 4.79 Å². The molecule has 2 fully saturated rings. The van der Waals surface area contributed by atoms with E-state index in [1.807, 2.05) is 6.92 Å². The number of nitrogens with zero attached hydrogens (tertiary/aromatic N) is 3. The third kappa shape index (κ3) is 3.55. The van der Waals surface area contributed by atoms with Gasteiger partial charge in [0.1, 0.15) is 5.52 Å². The van der Waals surface area contributed by atoms with Gasteiger partial charge in [-0.2, -0.15) is 0 Å². The molecule has 1 amide bonds. The first kappa shape index (κ1) is 17.9. The van der Waals surface area contributed by atoms with Crippen LogP contribution < -0.4 is 5.32 Å². The molecule has 27 heavy (non-hydrogen) atoms. The van der Waals surface area contributed by atoms with Gasteiger partial charge < -0.3 is 10.1 Å². The predicted octanol–water partition coefficient (Wildman–Crippen LogP) is 2.55. The summed E-state index contributed by atoms with van der Waals surface area (Å²) in [6.45, 7) is 4.49. The van der Waals surface area contributed by atoms with Crippen molar-refractivity contribution in [3.63, 3.8) is 0 Å². The average Bonchev–Trinajstić information content (AvgIpc) is 3.40. The standard InChI is InChI=1S/C20H26N4O3/c1-3-24-18-7-6-15(10-17(18)22-23-24)20(26)27-11-19(25)21-12(2)16-9-13-4-5-14(16)8-13/h6-7,10,12-14,16H,3-5,8-9,11H2,1-2H3,(H,21,25)/t12-,13+,14+,16+/m1/s1. The van der Waals surface area contributed by atoms with E-state index in [-0.39, 0.29) is 18.6 Å². The molecule has 2 bridgehead atoms. The highest BCUT2D eigenvalue weighted by molar-refractivity contribution is 5.94. The predicted molar refractivity (Wildman–Crippen MR) is 100 cm³/mol. The van der Waals surface area contributed by atoms with Crippen LogP contribution in [0.4, 0.5) is 0 Å². The van der Waals surface area contributed by atoms with Crippen LogP contribution in [-0.4, -0.2) is 39.5 Å². The molecule has 4 rings (SSSR count). The van der Waals surface area contributed by atoms with Crippen LogP contribution in [0.5, 0.6) is 0 Å². The summed E-state index contributed by atoms with van der Waals surface area (Å²) >= 11 is 0. The van der Waals surface area contributed by atoms with Crippen molar-refractivity contribution >= 4 is 22.9 Å². The van der Waals surface area contributed by atoms with E-state index >= 15 is 0 Å². The Morgan fingerprint density at radius 1 is 1.33 bits per heavy atom. The molecule has 7 heteroatoms. The summed E-state index contributed by atoms with van der Waals surface area (Å²) in [5.74, 6) is 1.39. The molecule has 1 aromatic carbocycles. The Morgan fingerprint density at radius 2 is 2.19 bits per heavy atom. The quantitative estimate of drug-likeness (QED) is 0.790. The number of hydrogen-bond donors (Lipinski definition) is 1. The van der Waals surface area contributed by atoms with Crippen LogP contribution in [0.1, 0.15) is 49.9 Å². The number of rotatable bonds is 6. The molecule has 0 aliphatic heterocycles. The first-order valence-electron chi connectivity index (χ1n) is 9.85. The maximum Gasteiger partial charge on any atom is 0.338 e. The van der Waals surface area contributed by atoms with Gasteiger partial charge in [-0.15, -0.1) is 5.10 Å². The maximum absolute atomic E-state index is 12.3. The highest BCUT2D eigenvalue weighted by atomic mass is 16.5. The number of aryl methyl sites for hydroxylation is 1. The van der Waals surface area contributed by atoms with E-state index in [9.17, 15) is 9.59 Å². The summed E-state index contributed by atoms with van der Waals surface area (Å²) in [5.41, 5.74) is 1.88. The Labute approximate surface area is 158 Å². The second-order valence-corrected chi connectivity index (χ2v) is 7.88. The Balaban J connectivity index is 1.30. The molecule has 2 aliphatic carbocycles. The van der Waals surface area contributed by atoms with Crippen LogP contribution in [0.2, 0.25) is 0 Å². The second-order valence-electron chi connectivity index (χ2n) is 7.88. The fourth-order valence-electron chi connectivity index (χ4n) is 4.86. The Hall–Kier alpha value is -2.44. The van der Waals surface area contributed by atoms with Crippen molar-refractivity contribution in [2.24, 2.45) is 17.8 Å². The van der Waals surface area contributed by atoms with E-state index in [2.05, 4.69) is 22.6 Å². The van der Waals surface area contributed by atoms with Crippen molar-refractivity contribution < 1.29 is 14.3 Å². The molecule has 2 saturated carbocycles. The van der Waals surface area contributed by atoms with Crippen molar-refractivity contribution in [2.75, 3.05) is 6.61 Å². The van der Waals surface area contributed by atoms with Crippen molar-refractivity contribution in [1.82, 2.24) is 20.3 Å². The number of fused-ring (bicyclic) bond motifs is 3. The number of amides is 1. The zero-order valence-electron chi connectivity index (χ0n) is 15.9. The molecule has 1 heterocycles. The lowest BCUT2D eigenvalue weighted by molar-refractivity contribution is -0.125. The van der Waals surface area contributed by atoms with Crippen molar-refractivity contribution in [3.8, 4) is 0 Å². The number of nitrogens with one attached hydrogen (secondary N) is 1. The molecule has 144 valence electrons. The minimum atomic E-state index is -0.523. The van der Waals surface area contributed by atoms with Gasteiger partial charge in [0, 0.05) is 12.6 Å². The van der Waals surface area contributed by atoms with Gasteiger partial charge in [0.25, 0.3) is 5.91 Å². The first-order valence-corrected chi connectivity index (χ1v) is 9.85. The minimum Gasteiger partial charge on any atom is -0.452 e. The summed E-state index contributed by atoms with van der Waals surface area (Å²) in [4.78, 5) is 24.5. The smallest absolute Gasteiger partial charge is 0.338 e. The second kappa shape index (κ2) is 7.29. The van der Waals surface area contributed by atoms with Crippen LogP contribution in [0.25, 0.3) is 11.0 Å². The molecule has 1 aromatic heterocycles. The van der Waals surface area contributed by atoms with E-state index in [1.54, 1.807) is 22.9 Å². The topological polar surface area (TPSA) is 86.1 Å². The lowest BCUT2D eigenvalue weighted by atomic mass is 9.84. The number of aromatic nitrogens is 3. The zero-order valence-corrected chi connectivity index (χ0v) is 15.9. The lowest BCUT2D eigenvalue weighted by Gasteiger charge is -2.28. The SMILES string of the molecule is CCn1nnc2cc(C(=O)OCC(=O)N[C@H](C)[C@@H]3C[C@H]4CC[C@H]3C4)ccc21. The van der Waals surface area contributed by atoms with Crippen LogP contribution in [0, 0.1) is 17.8 Å². The maximum atomic E-state index is 12.3. The van der Waals surface area contributed by atoms with Crippen LogP contribution in [0.15, 0.2) is 18.2 Å². The molecular formula is C20H26N4O3. The average molecular weight is 370 g/mol. The number of benzene rings is 1. The fourth-order valence-corrected chi connectivity index (χ4v) is 4.86. The molecule has 0 unspecified atom stereocenters. The number of carbonyl (C=O) groups is 2. The highest BCUT2D eigenvalue weighted by Crippen LogP contribution is 2.49. The number of hydrogen-bond acceptors (Lipinski definition) is 5. The third-order valence-electron chi connectivity index (χ3n) is 6.21. The zero-order chi connectivity index (χ0) is 19.0. The monoisotopic (exact) mass is 370 g/mol. The summed E-state index contributed by atoms with van der Waals surface area (Å²) in [7, 11) is 0. The number of ether oxygens (including phenoxy) is 1. The summed E-state index contributed by atoms with van der Waals surface area (Å²) in [5, 5.41) is 11.1. The van der Waals surface area contributed by atoms with Crippen molar-refractivity contribution in [3.05, 3.63) is 23.8 Å².